The lowest BCUT2D eigenvalue weighted by molar-refractivity contribution is -0.432. The highest BCUT2D eigenvalue weighted by Crippen LogP contribution is 2.44. The van der Waals surface area contributed by atoms with Crippen LogP contribution in [0.1, 0.15) is 98.6 Å². The van der Waals surface area contributed by atoms with Crippen molar-refractivity contribution >= 4 is 39.7 Å². The van der Waals surface area contributed by atoms with E-state index in [1.165, 1.54) is 12.8 Å². The Morgan fingerprint density at radius 2 is 1.25 bits per heavy atom. The van der Waals surface area contributed by atoms with Crippen LogP contribution in [-0.4, -0.2) is 27.7 Å². The topological polar surface area (TPSA) is 48.1 Å². The molecule has 1 aromatic heterocycles. The molecule has 0 N–H and O–H groups in total. The molecule has 0 radical (unpaired) electrons. The molecule has 1 aliphatic carbocycles. The molecule has 5 aromatic rings. The van der Waals surface area contributed by atoms with E-state index in [-0.39, 0.29) is 22.7 Å². The molecular formula is C48H44N2O2. The molecule has 4 heteroatoms. The van der Waals surface area contributed by atoms with Crippen molar-refractivity contribution in [2.24, 2.45) is 0 Å². The maximum absolute atomic E-state index is 14.3. The van der Waals surface area contributed by atoms with E-state index in [1.807, 2.05) is 97.3 Å². The fourth-order valence-electron chi connectivity index (χ4n) is 7.15. The number of Topliss-reactive ketones (excluding diaryl/α,β-unsaturated/α-hetero) is 1. The highest BCUT2D eigenvalue weighted by Gasteiger charge is 2.38. The van der Waals surface area contributed by atoms with Crippen molar-refractivity contribution in [2.45, 2.75) is 71.8 Å². The van der Waals surface area contributed by atoms with E-state index < -0.39 is 0 Å². The first kappa shape index (κ1) is 34.6. The summed E-state index contributed by atoms with van der Waals surface area (Å²) in [6, 6.07) is 32.1. The molecule has 258 valence electrons. The maximum Gasteiger partial charge on any atom is 0.213 e. The number of nitrogens with zero attached hydrogens (tertiary/aromatic N) is 2. The molecular weight excluding hydrogens is 637 g/mol. The van der Waals surface area contributed by atoms with Gasteiger partial charge in [0.05, 0.1) is 11.1 Å². The highest BCUT2D eigenvalue weighted by atomic mass is 16.3. The van der Waals surface area contributed by atoms with Crippen LogP contribution < -0.4 is 5.11 Å². The van der Waals surface area contributed by atoms with Gasteiger partial charge < -0.3 is 9.67 Å². The number of carbonyl (C=O) groups is 1. The predicted molar refractivity (Wildman–Crippen MR) is 211 cm³/mol. The average Bonchev–Trinajstić information content (AvgIpc) is 3.71. The zero-order valence-corrected chi connectivity index (χ0v) is 30.2. The summed E-state index contributed by atoms with van der Waals surface area (Å²) in [6.07, 6.45) is 13.1. The first-order valence-electron chi connectivity index (χ1n) is 18.8. The Bertz CT molecular complexity index is 2350. The predicted octanol–water partition coefficient (Wildman–Crippen LogP) is 9.44. The largest absolute Gasteiger partial charge is 0.871 e. The molecule has 1 aliphatic heterocycles. The summed E-state index contributed by atoms with van der Waals surface area (Å²) >= 11 is 0. The third-order valence-electron chi connectivity index (χ3n) is 9.96. The Hall–Kier alpha value is -5.84. The van der Waals surface area contributed by atoms with E-state index in [2.05, 4.69) is 58.8 Å². The SMILES string of the molecule is CCCCCCn1cc(C2=C([O-])C(=C3C=[N+](CCCCCC)c4ccc(C#Cc5ccccc5)cc43)C2=O)c2cc(C#Cc3ccccc3)ccc21. The van der Waals surface area contributed by atoms with Gasteiger partial charge in [0.2, 0.25) is 5.69 Å². The van der Waals surface area contributed by atoms with Crippen LogP contribution >= 0.6 is 0 Å². The zero-order chi connectivity index (χ0) is 35.9. The van der Waals surface area contributed by atoms with E-state index >= 15 is 0 Å². The monoisotopic (exact) mass is 680 g/mol. The number of unbranched alkanes of at least 4 members (excludes halogenated alkanes) is 6. The van der Waals surface area contributed by atoms with Gasteiger partial charge in [-0.25, -0.2) is 0 Å². The Morgan fingerprint density at radius 3 is 1.90 bits per heavy atom. The molecule has 2 heterocycles. The molecule has 0 fully saturated rings. The molecule has 7 rings (SSSR count). The molecule has 0 saturated heterocycles. The van der Waals surface area contributed by atoms with Crippen LogP contribution in [0, 0.1) is 23.7 Å². The highest BCUT2D eigenvalue weighted by molar-refractivity contribution is 6.45. The third-order valence-corrected chi connectivity index (χ3v) is 9.96. The van der Waals surface area contributed by atoms with Crippen molar-refractivity contribution in [3.05, 3.63) is 148 Å². The van der Waals surface area contributed by atoms with Crippen molar-refractivity contribution in [3.8, 4) is 23.7 Å². The third kappa shape index (κ3) is 7.30. The fourth-order valence-corrected chi connectivity index (χ4v) is 7.15. The Morgan fingerprint density at radius 1 is 0.635 bits per heavy atom. The van der Waals surface area contributed by atoms with Crippen LogP contribution in [0.2, 0.25) is 0 Å². The molecule has 0 saturated carbocycles. The molecule has 0 bridgehead atoms. The smallest absolute Gasteiger partial charge is 0.213 e. The van der Waals surface area contributed by atoms with Crippen LogP contribution in [0.5, 0.6) is 0 Å². The van der Waals surface area contributed by atoms with Crippen LogP contribution in [0.3, 0.4) is 0 Å². The summed E-state index contributed by atoms with van der Waals surface area (Å²) in [4.78, 5) is 14.3. The molecule has 0 unspecified atom stereocenters. The lowest BCUT2D eigenvalue weighted by Gasteiger charge is -2.31. The Balaban J connectivity index is 1.30. The van der Waals surface area contributed by atoms with Gasteiger partial charge in [-0.15, -0.1) is 0 Å². The van der Waals surface area contributed by atoms with E-state index in [1.54, 1.807) is 0 Å². The number of aryl methyl sites for hydroxylation is 1. The minimum Gasteiger partial charge on any atom is -0.871 e. The van der Waals surface area contributed by atoms with Crippen LogP contribution in [0.25, 0.3) is 22.0 Å². The molecule has 0 atom stereocenters. The Labute approximate surface area is 307 Å². The molecule has 4 nitrogen and oxygen atoms in total. The number of ketones is 1. The molecule has 0 amide bonds. The first-order chi connectivity index (χ1) is 25.6. The minimum atomic E-state index is -0.193. The number of carbonyl (C=O) groups excluding carboxylic acids is 1. The van der Waals surface area contributed by atoms with Crippen molar-refractivity contribution in [3.63, 3.8) is 0 Å². The molecule has 2 aliphatic rings. The summed E-state index contributed by atoms with van der Waals surface area (Å²) < 4.78 is 4.42. The zero-order valence-electron chi connectivity index (χ0n) is 30.2. The van der Waals surface area contributed by atoms with Crippen LogP contribution in [-0.2, 0) is 11.3 Å². The second-order valence-corrected chi connectivity index (χ2v) is 13.7. The Kier molecular flexibility index (Phi) is 10.7. The maximum atomic E-state index is 14.3. The van der Waals surface area contributed by atoms with E-state index in [9.17, 15) is 9.90 Å². The van der Waals surface area contributed by atoms with Gasteiger partial charge in [-0.1, -0.05) is 112 Å². The lowest BCUT2D eigenvalue weighted by atomic mass is 9.79. The number of hydrogen-bond acceptors (Lipinski definition) is 2. The van der Waals surface area contributed by atoms with Crippen LogP contribution in [0.15, 0.2) is 115 Å². The fraction of sp³-hybridized carbons (Fsp3) is 0.250. The van der Waals surface area contributed by atoms with Gasteiger partial charge in [-0.05, 0) is 67.4 Å². The van der Waals surface area contributed by atoms with Gasteiger partial charge in [0.15, 0.2) is 12.0 Å². The van der Waals surface area contributed by atoms with E-state index in [4.69, 9.17) is 0 Å². The van der Waals surface area contributed by atoms with Crippen molar-refractivity contribution in [2.75, 3.05) is 6.54 Å². The summed E-state index contributed by atoms with van der Waals surface area (Å²) in [5.41, 5.74) is 8.43. The van der Waals surface area contributed by atoms with Gasteiger partial charge >= 0.3 is 0 Å². The number of benzene rings is 4. The van der Waals surface area contributed by atoms with E-state index in [0.29, 0.717) is 11.1 Å². The lowest BCUT2D eigenvalue weighted by Crippen LogP contribution is -2.30. The van der Waals surface area contributed by atoms with Gasteiger partial charge in [0.1, 0.15) is 6.54 Å². The second kappa shape index (κ2) is 16.0. The summed E-state index contributed by atoms with van der Waals surface area (Å²) in [5.74, 6) is 12.7. The molecule has 52 heavy (non-hydrogen) atoms. The van der Waals surface area contributed by atoms with Gasteiger partial charge in [-0.2, -0.15) is 4.58 Å². The first-order valence-corrected chi connectivity index (χ1v) is 18.8. The number of rotatable bonds is 11. The van der Waals surface area contributed by atoms with Crippen molar-refractivity contribution in [1.82, 2.24) is 4.57 Å². The van der Waals surface area contributed by atoms with Crippen molar-refractivity contribution < 1.29 is 14.5 Å². The number of allylic oxidation sites excluding steroid dienone is 3. The average molecular weight is 681 g/mol. The number of hydrogen-bond donors (Lipinski definition) is 0. The standard InChI is InChI=1S/C48H44N2O2/c1-3-5-7-15-29-49-33-41(39-31-37(25-27-43(39)49)23-21-35-17-11-9-12-18-35)45-47(51)46(48(45)52)42-34-50(30-16-8-6-4-2)44-28-26-38(32-40(42)44)24-22-36-19-13-10-14-20-36/h9-14,17-20,25-28,31-34H,3-8,15-16,29-30H2,1-2H3. The number of aromatic nitrogens is 1. The minimum absolute atomic E-state index is 0.193. The van der Waals surface area contributed by atoms with Crippen molar-refractivity contribution in [1.29, 1.82) is 0 Å². The normalized spacial score (nSPS) is 14.7. The molecule has 0 spiro atoms. The van der Waals surface area contributed by atoms with Gasteiger partial charge in [0, 0.05) is 75.1 Å². The summed E-state index contributed by atoms with van der Waals surface area (Å²) in [7, 11) is 0. The molecule has 4 aromatic carbocycles. The summed E-state index contributed by atoms with van der Waals surface area (Å²) in [6.45, 7) is 6.08. The quantitative estimate of drug-likeness (QED) is 0.0604. The van der Waals surface area contributed by atoms with E-state index in [0.717, 1.165) is 96.0 Å². The second-order valence-electron chi connectivity index (χ2n) is 13.7. The van der Waals surface area contributed by atoms with Crippen LogP contribution in [0.4, 0.5) is 5.69 Å². The van der Waals surface area contributed by atoms with Gasteiger partial charge in [-0.3, -0.25) is 4.79 Å². The summed E-state index contributed by atoms with van der Waals surface area (Å²) in [5, 5.41) is 15.2. The number of fused-ring (bicyclic) bond motifs is 2. The van der Waals surface area contributed by atoms with Gasteiger partial charge in [0.25, 0.3) is 0 Å².